The number of pyridine rings is 1. The van der Waals surface area contributed by atoms with Gasteiger partial charge in [-0.1, -0.05) is 31.4 Å². The lowest BCUT2D eigenvalue weighted by atomic mass is 9.86. The van der Waals surface area contributed by atoms with E-state index >= 15 is 0 Å². The fourth-order valence-corrected chi connectivity index (χ4v) is 2.89. The van der Waals surface area contributed by atoms with Crippen molar-refractivity contribution in [2.45, 2.75) is 45.3 Å². The molecule has 1 aromatic rings. The number of rotatable bonds is 3. The predicted molar refractivity (Wildman–Crippen MR) is 75.0 cm³/mol. The molecule has 2 rings (SSSR count). The number of aliphatic hydroxyl groups excluding tert-OH is 1. The lowest BCUT2D eigenvalue weighted by Gasteiger charge is -2.35. The van der Waals surface area contributed by atoms with E-state index in [0.717, 1.165) is 11.7 Å². The van der Waals surface area contributed by atoms with Gasteiger partial charge in [0.2, 0.25) is 0 Å². The number of halogens is 1. The minimum absolute atomic E-state index is 0.110. The van der Waals surface area contributed by atoms with Crippen LogP contribution in [0.1, 0.15) is 38.3 Å². The van der Waals surface area contributed by atoms with Crippen LogP contribution in [0.15, 0.2) is 12.1 Å². The molecule has 4 heteroatoms. The second-order valence-electron chi connectivity index (χ2n) is 5.29. The van der Waals surface area contributed by atoms with Crippen molar-refractivity contribution >= 4 is 17.4 Å². The van der Waals surface area contributed by atoms with Crippen LogP contribution in [0.4, 0.5) is 5.82 Å². The van der Waals surface area contributed by atoms with Crippen molar-refractivity contribution in [3.05, 3.63) is 22.8 Å². The molecule has 2 unspecified atom stereocenters. The molecule has 3 nitrogen and oxygen atoms in total. The Hall–Kier alpha value is -0.800. The third kappa shape index (κ3) is 2.96. The van der Waals surface area contributed by atoms with Crippen LogP contribution in [0.2, 0.25) is 5.02 Å². The maximum absolute atomic E-state index is 9.21. The van der Waals surface area contributed by atoms with E-state index in [2.05, 4.69) is 23.9 Å². The Kier molecular flexibility index (Phi) is 4.46. The Morgan fingerprint density at radius 2 is 2.22 bits per heavy atom. The van der Waals surface area contributed by atoms with Gasteiger partial charge in [0.05, 0.1) is 17.3 Å². The zero-order valence-corrected chi connectivity index (χ0v) is 11.8. The summed E-state index contributed by atoms with van der Waals surface area (Å²) in [5.74, 6) is 1.69. The maximum Gasteiger partial charge on any atom is 0.129 e. The first-order valence-corrected chi connectivity index (χ1v) is 6.98. The zero-order valence-electron chi connectivity index (χ0n) is 11.1. The van der Waals surface area contributed by atoms with E-state index in [-0.39, 0.29) is 6.61 Å². The third-order valence-corrected chi connectivity index (χ3v) is 4.22. The van der Waals surface area contributed by atoms with Gasteiger partial charge in [0.1, 0.15) is 5.82 Å². The molecule has 1 aromatic heterocycles. The summed E-state index contributed by atoms with van der Waals surface area (Å²) in [6, 6.07) is 4.30. The number of anilines is 1. The second kappa shape index (κ2) is 5.89. The van der Waals surface area contributed by atoms with Crippen LogP contribution in [0, 0.1) is 5.92 Å². The summed E-state index contributed by atoms with van der Waals surface area (Å²) < 4.78 is 0. The maximum atomic E-state index is 9.21. The summed E-state index contributed by atoms with van der Waals surface area (Å²) in [6.07, 6.45) is 5.06. The normalized spacial score (nSPS) is 24.0. The Morgan fingerprint density at radius 3 is 2.89 bits per heavy atom. The van der Waals surface area contributed by atoms with Gasteiger partial charge in [0.15, 0.2) is 0 Å². The lowest BCUT2D eigenvalue weighted by molar-refractivity contribution is 0.276. The molecule has 0 aromatic carbocycles. The minimum atomic E-state index is -0.110. The molecule has 0 amide bonds. The Morgan fingerprint density at radius 1 is 1.44 bits per heavy atom. The number of hydrogen-bond acceptors (Lipinski definition) is 3. The molecule has 100 valence electrons. The first-order chi connectivity index (χ1) is 8.61. The Bertz CT molecular complexity index is 411. The number of aliphatic hydroxyl groups is 1. The molecule has 0 spiro atoms. The molecule has 1 N–H and O–H groups in total. The molecule has 0 bridgehead atoms. The SMILES string of the molecule is CC1CCCC(N(C)c2ccc(Cl)c(CO)n2)C1. The van der Waals surface area contributed by atoms with E-state index in [0.29, 0.717) is 16.8 Å². The van der Waals surface area contributed by atoms with Gasteiger partial charge < -0.3 is 10.0 Å². The van der Waals surface area contributed by atoms with Crippen molar-refractivity contribution in [2.75, 3.05) is 11.9 Å². The lowest BCUT2D eigenvalue weighted by Crippen LogP contribution is -2.36. The fourth-order valence-electron chi connectivity index (χ4n) is 2.72. The van der Waals surface area contributed by atoms with Gasteiger partial charge >= 0.3 is 0 Å². The first kappa shape index (κ1) is 13.6. The highest BCUT2D eigenvalue weighted by Gasteiger charge is 2.23. The van der Waals surface area contributed by atoms with E-state index in [1.165, 1.54) is 25.7 Å². The van der Waals surface area contributed by atoms with Gasteiger partial charge in [-0.15, -0.1) is 0 Å². The van der Waals surface area contributed by atoms with Crippen LogP contribution in [-0.2, 0) is 6.61 Å². The van der Waals surface area contributed by atoms with Gasteiger partial charge in [0, 0.05) is 13.1 Å². The highest BCUT2D eigenvalue weighted by molar-refractivity contribution is 6.31. The third-order valence-electron chi connectivity index (χ3n) is 3.87. The van der Waals surface area contributed by atoms with Crippen molar-refractivity contribution in [3.63, 3.8) is 0 Å². The van der Waals surface area contributed by atoms with E-state index < -0.39 is 0 Å². The van der Waals surface area contributed by atoms with Crippen molar-refractivity contribution in [1.29, 1.82) is 0 Å². The minimum Gasteiger partial charge on any atom is -0.390 e. The largest absolute Gasteiger partial charge is 0.390 e. The quantitative estimate of drug-likeness (QED) is 0.914. The fraction of sp³-hybridized carbons (Fsp3) is 0.643. The summed E-state index contributed by atoms with van der Waals surface area (Å²) in [5.41, 5.74) is 0.560. The molecule has 18 heavy (non-hydrogen) atoms. The highest BCUT2D eigenvalue weighted by Crippen LogP contribution is 2.29. The van der Waals surface area contributed by atoms with Crippen LogP contribution >= 0.6 is 11.6 Å². The average Bonchev–Trinajstić information content (AvgIpc) is 2.38. The summed E-state index contributed by atoms with van der Waals surface area (Å²) in [4.78, 5) is 6.66. The monoisotopic (exact) mass is 268 g/mol. The molecular weight excluding hydrogens is 248 g/mol. The summed E-state index contributed by atoms with van der Waals surface area (Å²) in [5, 5.41) is 9.75. The summed E-state index contributed by atoms with van der Waals surface area (Å²) >= 11 is 5.97. The van der Waals surface area contributed by atoms with E-state index in [1.54, 1.807) is 0 Å². The van der Waals surface area contributed by atoms with Gasteiger partial charge in [-0.2, -0.15) is 0 Å². The van der Waals surface area contributed by atoms with Crippen molar-refractivity contribution in [3.8, 4) is 0 Å². The van der Waals surface area contributed by atoms with Crippen LogP contribution in [0.3, 0.4) is 0 Å². The van der Waals surface area contributed by atoms with Crippen LogP contribution in [0.25, 0.3) is 0 Å². The molecule has 0 saturated heterocycles. The Balaban J connectivity index is 2.14. The van der Waals surface area contributed by atoms with Gasteiger partial charge in [-0.05, 0) is 30.9 Å². The molecule has 0 aliphatic heterocycles. The molecular formula is C14H21ClN2O. The average molecular weight is 269 g/mol. The summed E-state index contributed by atoms with van der Waals surface area (Å²) in [6.45, 7) is 2.20. The topological polar surface area (TPSA) is 36.4 Å². The van der Waals surface area contributed by atoms with Crippen LogP contribution < -0.4 is 4.90 Å². The smallest absolute Gasteiger partial charge is 0.129 e. The number of aromatic nitrogens is 1. The van der Waals surface area contributed by atoms with Crippen molar-refractivity contribution in [2.24, 2.45) is 5.92 Å². The molecule has 1 aliphatic carbocycles. The molecule has 0 radical (unpaired) electrons. The predicted octanol–water partition coefficient (Wildman–Crippen LogP) is 3.24. The summed E-state index contributed by atoms with van der Waals surface area (Å²) in [7, 11) is 2.08. The number of hydrogen-bond donors (Lipinski definition) is 1. The highest BCUT2D eigenvalue weighted by atomic mass is 35.5. The molecule has 1 heterocycles. The Labute approximate surface area is 114 Å². The van der Waals surface area contributed by atoms with Crippen LogP contribution in [0.5, 0.6) is 0 Å². The standard InChI is InChI=1S/C14H21ClN2O/c1-10-4-3-5-11(8-10)17(2)14-7-6-12(15)13(9-18)16-14/h6-7,10-11,18H,3-5,8-9H2,1-2H3. The second-order valence-corrected chi connectivity index (χ2v) is 5.70. The van der Waals surface area contributed by atoms with Gasteiger partial charge in [-0.3, -0.25) is 0 Å². The van der Waals surface area contributed by atoms with Gasteiger partial charge in [-0.25, -0.2) is 4.98 Å². The zero-order chi connectivity index (χ0) is 13.1. The van der Waals surface area contributed by atoms with E-state index in [4.69, 9.17) is 11.6 Å². The van der Waals surface area contributed by atoms with Crippen molar-refractivity contribution in [1.82, 2.24) is 4.98 Å². The first-order valence-electron chi connectivity index (χ1n) is 6.61. The van der Waals surface area contributed by atoms with Gasteiger partial charge in [0.25, 0.3) is 0 Å². The van der Waals surface area contributed by atoms with E-state index in [9.17, 15) is 5.11 Å². The van der Waals surface area contributed by atoms with Crippen LogP contribution in [-0.4, -0.2) is 23.2 Å². The van der Waals surface area contributed by atoms with Crippen molar-refractivity contribution < 1.29 is 5.11 Å². The molecule has 1 aliphatic rings. The molecule has 1 saturated carbocycles. The molecule has 2 atom stereocenters. The molecule has 1 fully saturated rings. The van der Waals surface area contributed by atoms with E-state index in [1.807, 2.05) is 12.1 Å². The number of nitrogens with zero attached hydrogens (tertiary/aromatic N) is 2.